The van der Waals surface area contributed by atoms with Crippen molar-refractivity contribution >= 4 is 0 Å². The van der Waals surface area contributed by atoms with Crippen LogP contribution in [0.2, 0.25) is 0 Å². The summed E-state index contributed by atoms with van der Waals surface area (Å²) in [5.74, 6) is 3.36. The van der Waals surface area contributed by atoms with E-state index in [4.69, 9.17) is 9.47 Å². The van der Waals surface area contributed by atoms with Gasteiger partial charge < -0.3 is 14.8 Å². The van der Waals surface area contributed by atoms with Crippen LogP contribution in [-0.4, -0.2) is 21.3 Å². The minimum absolute atomic E-state index is 0.300. The van der Waals surface area contributed by atoms with Crippen LogP contribution in [-0.2, 0) is 0 Å². The van der Waals surface area contributed by atoms with E-state index in [9.17, 15) is 0 Å². The first kappa shape index (κ1) is 15.2. The van der Waals surface area contributed by atoms with Crippen LogP contribution in [0.15, 0.2) is 18.2 Å². The van der Waals surface area contributed by atoms with Crippen LogP contribution in [0.25, 0.3) is 0 Å². The van der Waals surface area contributed by atoms with Crippen molar-refractivity contribution in [2.45, 2.75) is 38.6 Å². The fraction of sp³-hybridized carbons (Fsp3) is 0.647. The van der Waals surface area contributed by atoms with Crippen molar-refractivity contribution in [3.8, 4) is 11.5 Å². The lowest BCUT2D eigenvalue weighted by molar-refractivity contribution is 0.231. The summed E-state index contributed by atoms with van der Waals surface area (Å²) in [6.07, 6.45) is 5.18. The maximum absolute atomic E-state index is 5.56. The maximum atomic E-state index is 5.56. The molecule has 1 aliphatic carbocycles. The molecule has 0 aliphatic heterocycles. The van der Waals surface area contributed by atoms with E-state index in [1.165, 1.54) is 31.2 Å². The molecule has 1 aromatic carbocycles. The molecule has 1 saturated carbocycles. The van der Waals surface area contributed by atoms with Gasteiger partial charge in [0, 0.05) is 6.04 Å². The van der Waals surface area contributed by atoms with Gasteiger partial charge in [0.05, 0.1) is 19.8 Å². The number of nitrogens with one attached hydrogen (secondary N) is 1. The van der Waals surface area contributed by atoms with E-state index in [1.54, 1.807) is 14.2 Å². The molecule has 0 saturated heterocycles. The number of ether oxygens (including phenoxy) is 2. The van der Waals surface area contributed by atoms with E-state index in [0.717, 1.165) is 17.4 Å². The number of hydrogen-bond donors (Lipinski definition) is 1. The minimum atomic E-state index is 0.300. The molecule has 2 rings (SSSR count). The zero-order valence-electron chi connectivity index (χ0n) is 13.1. The number of benzene rings is 1. The molecular formula is C17H27NO2. The number of rotatable bonds is 5. The minimum Gasteiger partial charge on any atom is -0.496 e. The molecule has 1 N–H and O–H groups in total. The van der Waals surface area contributed by atoms with Crippen LogP contribution in [0.5, 0.6) is 11.5 Å². The van der Waals surface area contributed by atoms with Gasteiger partial charge in [-0.1, -0.05) is 25.8 Å². The van der Waals surface area contributed by atoms with Crippen LogP contribution in [0.1, 0.15) is 44.2 Å². The molecule has 20 heavy (non-hydrogen) atoms. The van der Waals surface area contributed by atoms with Gasteiger partial charge in [-0.05, 0) is 43.9 Å². The summed E-state index contributed by atoms with van der Waals surface area (Å²) in [6, 6.07) is 6.33. The Morgan fingerprint density at radius 3 is 2.05 bits per heavy atom. The molecule has 1 unspecified atom stereocenters. The van der Waals surface area contributed by atoms with Crippen molar-refractivity contribution in [2.75, 3.05) is 21.3 Å². The van der Waals surface area contributed by atoms with Crippen LogP contribution < -0.4 is 14.8 Å². The zero-order valence-corrected chi connectivity index (χ0v) is 13.1. The standard InChI is InChI=1S/C17H27NO2/c1-12-8-10-13(11-9-12)17(18-2)16-14(19-3)6-5-7-15(16)20-4/h5-7,12-13,17-18H,8-11H2,1-4H3. The normalized spacial score (nSPS) is 24.2. The summed E-state index contributed by atoms with van der Waals surface area (Å²) < 4.78 is 11.1. The second-order valence-corrected chi connectivity index (χ2v) is 5.86. The van der Waals surface area contributed by atoms with E-state index >= 15 is 0 Å². The SMILES string of the molecule is CNC(c1c(OC)cccc1OC)C1CCC(C)CC1. The molecule has 1 aromatic rings. The Balaban J connectivity index is 2.31. The molecule has 0 spiro atoms. The van der Waals surface area contributed by atoms with Gasteiger partial charge in [-0.3, -0.25) is 0 Å². The van der Waals surface area contributed by atoms with E-state index < -0.39 is 0 Å². The molecule has 1 fully saturated rings. The molecule has 0 amide bonds. The Morgan fingerprint density at radius 1 is 1.05 bits per heavy atom. The number of methoxy groups -OCH3 is 2. The highest BCUT2D eigenvalue weighted by Gasteiger charge is 2.30. The Hall–Kier alpha value is -1.22. The molecule has 3 heteroatoms. The van der Waals surface area contributed by atoms with Crippen molar-refractivity contribution in [1.29, 1.82) is 0 Å². The molecule has 1 aliphatic rings. The smallest absolute Gasteiger partial charge is 0.127 e. The predicted octanol–water partition coefficient (Wildman–Crippen LogP) is 3.79. The second-order valence-electron chi connectivity index (χ2n) is 5.86. The third kappa shape index (κ3) is 3.09. The number of hydrogen-bond acceptors (Lipinski definition) is 3. The Bertz CT molecular complexity index is 403. The van der Waals surface area contributed by atoms with Crippen molar-refractivity contribution < 1.29 is 9.47 Å². The summed E-state index contributed by atoms with van der Waals surface area (Å²) in [7, 11) is 5.50. The van der Waals surface area contributed by atoms with Crippen LogP contribution in [0.3, 0.4) is 0 Å². The third-order valence-electron chi connectivity index (χ3n) is 4.62. The van der Waals surface area contributed by atoms with Gasteiger partial charge in [0.15, 0.2) is 0 Å². The second kappa shape index (κ2) is 6.98. The van der Waals surface area contributed by atoms with E-state index in [1.807, 2.05) is 25.2 Å². The zero-order chi connectivity index (χ0) is 14.5. The fourth-order valence-electron chi connectivity index (χ4n) is 3.42. The lowest BCUT2D eigenvalue weighted by Crippen LogP contribution is -2.29. The predicted molar refractivity (Wildman–Crippen MR) is 82.5 cm³/mol. The Labute approximate surface area is 122 Å². The van der Waals surface area contributed by atoms with Crippen molar-refractivity contribution in [3.05, 3.63) is 23.8 Å². The van der Waals surface area contributed by atoms with E-state index in [0.29, 0.717) is 12.0 Å². The first-order chi connectivity index (χ1) is 9.71. The Morgan fingerprint density at radius 2 is 1.60 bits per heavy atom. The van der Waals surface area contributed by atoms with Gasteiger partial charge in [0.25, 0.3) is 0 Å². The lowest BCUT2D eigenvalue weighted by Gasteiger charge is -2.34. The monoisotopic (exact) mass is 277 g/mol. The van der Waals surface area contributed by atoms with Gasteiger partial charge in [0.1, 0.15) is 11.5 Å². The Kier molecular flexibility index (Phi) is 5.30. The molecule has 112 valence electrons. The summed E-state index contributed by atoms with van der Waals surface area (Å²) in [4.78, 5) is 0. The van der Waals surface area contributed by atoms with Crippen LogP contribution in [0.4, 0.5) is 0 Å². The molecule has 0 heterocycles. The van der Waals surface area contributed by atoms with Crippen LogP contribution >= 0.6 is 0 Å². The molecule has 0 radical (unpaired) electrons. The van der Waals surface area contributed by atoms with Gasteiger partial charge in [0.2, 0.25) is 0 Å². The van der Waals surface area contributed by atoms with E-state index in [2.05, 4.69) is 12.2 Å². The summed E-state index contributed by atoms with van der Waals surface area (Å²) in [5.41, 5.74) is 1.17. The molecule has 0 aromatic heterocycles. The highest BCUT2D eigenvalue weighted by atomic mass is 16.5. The average Bonchev–Trinajstić information content (AvgIpc) is 2.49. The fourth-order valence-corrected chi connectivity index (χ4v) is 3.42. The quantitative estimate of drug-likeness (QED) is 0.888. The first-order valence-corrected chi connectivity index (χ1v) is 7.59. The molecular weight excluding hydrogens is 250 g/mol. The van der Waals surface area contributed by atoms with Gasteiger partial charge in [-0.15, -0.1) is 0 Å². The van der Waals surface area contributed by atoms with Crippen molar-refractivity contribution in [1.82, 2.24) is 5.32 Å². The average molecular weight is 277 g/mol. The molecule has 0 bridgehead atoms. The van der Waals surface area contributed by atoms with Gasteiger partial charge in [-0.25, -0.2) is 0 Å². The summed E-state index contributed by atoms with van der Waals surface area (Å²) >= 11 is 0. The summed E-state index contributed by atoms with van der Waals surface area (Å²) in [5, 5.41) is 3.49. The summed E-state index contributed by atoms with van der Waals surface area (Å²) in [6.45, 7) is 2.36. The van der Waals surface area contributed by atoms with E-state index in [-0.39, 0.29) is 0 Å². The first-order valence-electron chi connectivity index (χ1n) is 7.59. The highest BCUT2D eigenvalue weighted by Crippen LogP contribution is 2.42. The van der Waals surface area contributed by atoms with Gasteiger partial charge in [-0.2, -0.15) is 0 Å². The molecule has 3 nitrogen and oxygen atoms in total. The highest BCUT2D eigenvalue weighted by molar-refractivity contribution is 5.47. The third-order valence-corrected chi connectivity index (χ3v) is 4.62. The van der Waals surface area contributed by atoms with Crippen molar-refractivity contribution in [2.24, 2.45) is 11.8 Å². The van der Waals surface area contributed by atoms with Crippen molar-refractivity contribution in [3.63, 3.8) is 0 Å². The topological polar surface area (TPSA) is 30.5 Å². The molecule has 1 atom stereocenters. The van der Waals surface area contributed by atoms with Gasteiger partial charge >= 0.3 is 0 Å². The maximum Gasteiger partial charge on any atom is 0.127 e. The van der Waals surface area contributed by atoms with Crippen LogP contribution in [0, 0.1) is 11.8 Å². The lowest BCUT2D eigenvalue weighted by atomic mass is 9.77. The largest absolute Gasteiger partial charge is 0.496 e.